The molecule has 0 radical (unpaired) electrons. The smallest absolute Gasteiger partial charge is 0.137 e. The minimum atomic E-state index is -0.252. The van der Waals surface area contributed by atoms with Gasteiger partial charge in [-0.25, -0.2) is 4.39 Å². The minimum absolute atomic E-state index is 0.0139. The second-order valence-electron chi connectivity index (χ2n) is 4.83. The van der Waals surface area contributed by atoms with Gasteiger partial charge in [-0.05, 0) is 46.2 Å². The Labute approximate surface area is 126 Å². The number of nitrogens with one attached hydrogen (secondary N) is 1. The van der Waals surface area contributed by atoms with Crippen molar-refractivity contribution in [1.29, 1.82) is 0 Å². The highest BCUT2D eigenvalue weighted by Gasteiger charge is 2.22. The van der Waals surface area contributed by atoms with Gasteiger partial charge >= 0.3 is 0 Å². The third-order valence-electron chi connectivity index (χ3n) is 3.62. The van der Waals surface area contributed by atoms with Gasteiger partial charge < -0.3 is 10.1 Å². The van der Waals surface area contributed by atoms with E-state index in [-0.39, 0.29) is 11.9 Å². The zero-order valence-electron chi connectivity index (χ0n) is 11.1. The molecule has 2 aromatic carbocycles. The second kappa shape index (κ2) is 5.54. The van der Waals surface area contributed by atoms with Crippen LogP contribution in [0, 0.1) is 5.82 Å². The summed E-state index contributed by atoms with van der Waals surface area (Å²) < 4.78 is 19.6. The number of fused-ring (bicyclic) bond motifs is 1. The summed E-state index contributed by atoms with van der Waals surface area (Å²) in [6.07, 6.45) is 0.951. The fourth-order valence-electron chi connectivity index (χ4n) is 2.66. The van der Waals surface area contributed by atoms with Crippen molar-refractivity contribution in [2.75, 3.05) is 13.7 Å². The molecule has 1 heterocycles. The molecule has 2 nitrogen and oxygen atoms in total. The Morgan fingerprint density at radius 1 is 1.30 bits per heavy atom. The van der Waals surface area contributed by atoms with E-state index in [1.807, 2.05) is 19.2 Å². The first-order valence-corrected chi connectivity index (χ1v) is 7.37. The van der Waals surface area contributed by atoms with Crippen LogP contribution in [0.1, 0.15) is 22.7 Å². The van der Waals surface area contributed by atoms with Crippen LogP contribution >= 0.6 is 15.9 Å². The molecule has 1 atom stereocenters. The molecule has 104 valence electrons. The van der Waals surface area contributed by atoms with Crippen LogP contribution in [0.2, 0.25) is 0 Å². The summed E-state index contributed by atoms with van der Waals surface area (Å²) in [6, 6.07) is 11.3. The highest BCUT2D eigenvalue weighted by molar-refractivity contribution is 9.10. The summed E-state index contributed by atoms with van der Waals surface area (Å²) in [4.78, 5) is 0. The lowest BCUT2D eigenvalue weighted by Crippen LogP contribution is -2.18. The predicted octanol–water partition coefficient (Wildman–Crippen LogP) is 3.83. The lowest BCUT2D eigenvalue weighted by molar-refractivity contribution is 0.351. The quantitative estimate of drug-likeness (QED) is 0.920. The van der Waals surface area contributed by atoms with Crippen LogP contribution < -0.4 is 10.1 Å². The van der Waals surface area contributed by atoms with Crippen molar-refractivity contribution >= 4 is 15.9 Å². The maximum absolute atomic E-state index is 13.4. The van der Waals surface area contributed by atoms with E-state index in [1.54, 1.807) is 6.07 Å². The molecular formula is C16H15BrFNO. The van der Waals surface area contributed by atoms with Gasteiger partial charge in [-0.15, -0.1) is 0 Å². The minimum Gasteiger partial charge on any atom is -0.493 e. The van der Waals surface area contributed by atoms with E-state index in [4.69, 9.17) is 4.74 Å². The zero-order valence-corrected chi connectivity index (χ0v) is 12.7. The van der Waals surface area contributed by atoms with E-state index in [9.17, 15) is 4.39 Å². The van der Waals surface area contributed by atoms with Gasteiger partial charge in [0.25, 0.3) is 0 Å². The average Bonchev–Trinajstić information content (AvgIpc) is 2.93. The van der Waals surface area contributed by atoms with Gasteiger partial charge in [0.1, 0.15) is 11.6 Å². The molecule has 20 heavy (non-hydrogen) atoms. The van der Waals surface area contributed by atoms with Gasteiger partial charge in [0.2, 0.25) is 0 Å². The molecule has 0 fully saturated rings. The van der Waals surface area contributed by atoms with E-state index in [2.05, 4.69) is 33.4 Å². The number of para-hydroxylation sites is 1. The molecule has 0 aromatic heterocycles. The Morgan fingerprint density at radius 3 is 2.90 bits per heavy atom. The fourth-order valence-corrected chi connectivity index (χ4v) is 3.06. The largest absolute Gasteiger partial charge is 0.493 e. The summed E-state index contributed by atoms with van der Waals surface area (Å²) in [7, 11) is 1.90. The van der Waals surface area contributed by atoms with E-state index in [1.165, 1.54) is 11.6 Å². The summed E-state index contributed by atoms with van der Waals surface area (Å²) in [5.74, 6) is 0.713. The van der Waals surface area contributed by atoms with Crippen LogP contribution in [-0.2, 0) is 6.42 Å². The summed E-state index contributed by atoms with van der Waals surface area (Å²) in [6.45, 7) is 0.732. The van der Waals surface area contributed by atoms with Crippen LogP contribution in [0.15, 0.2) is 40.9 Å². The van der Waals surface area contributed by atoms with Gasteiger partial charge in [0.05, 0.1) is 17.1 Å². The molecule has 1 aliphatic heterocycles. The maximum atomic E-state index is 13.4. The van der Waals surface area contributed by atoms with Crippen LogP contribution in [0.5, 0.6) is 5.75 Å². The Balaban J connectivity index is 2.06. The average molecular weight is 336 g/mol. The molecule has 4 heteroatoms. The van der Waals surface area contributed by atoms with Gasteiger partial charge in [-0.2, -0.15) is 0 Å². The fraction of sp³-hybridized carbons (Fsp3) is 0.250. The standard InChI is InChI=1S/C16H15BrFNO/c1-19-15(11-5-6-14(18)13(17)9-11)12-4-2-3-10-7-8-20-16(10)12/h2-6,9,15,19H,7-8H2,1H3. The number of rotatable bonds is 3. The Bertz CT molecular complexity index is 644. The van der Waals surface area contributed by atoms with Crippen molar-refractivity contribution in [1.82, 2.24) is 5.32 Å². The van der Waals surface area contributed by atoms with Crippen molar-refractivity contribution in [3.05, 3.63) is 63.4 Å². The predicted molar refractivity (Wildman–Crippen MR) is 80.6 cm³/mol. The van der Waals surface area contributed by atoms with Crippen molar-refractivity contribution < 1.29 is 9.13 Å². The summed E-state index contributed by atoms with van der Waals surface area (Å²) in [5, 5.41) is 3.29. The third kappa shape index (κ3) is 2.34. The normalized spacial score (nSPS) is 14.8. The molecule has 1 N–H and O–H groups in total. The van der Waals surface area contributed by atoms with Gasteiger partial charge in [0, 0.05) is 12.0 Å². The molecule has 0 saturated carbocycles. The summed E-state index contributed by atoms with van der Waals surface area (Å²) in [5.41, 5.74) is 3.34. The Kier molecular flexibility index (Phi) is 3.76. The molecule has 1 unspecified atom stereocenters. The zero-order chi connectivity index (χ0) is 14.1. The third-order valence-corrected chi connectivity index (χ3v) is 4.23. The Hall–Kier alpha value is -1.39. The number of hydrogen-bond donors (Lipinski definition) is 1. The first-order valence-electron chi connectivity index (χ1n) is 6.57. The number of halogens is 2. The van der Waals surface area contributed by atoms with Gasteiger partial charge in [-0.1, -0.05) is 24.3 Å². The highest BCUT2D eigenvalue weighted by Crippen LogP contribution is 2.36. The van der Waals surface area contributed by atoms with E-state index in [0.29, 0.717) is 4.47 Å². The molecular weight excluding hydrogens is 321 g/mol. The molecule has 0 amide bonds. The second-order valence-corrected chi connectivity index (χ2v) is 5.68. The SMILES string of the molecule is CNC(c1ccc(F)c(Br)c1)c1cccc2c1OCC2. The molecule has 0 aliphatic carbocycles. The van der Waals surface area contributed by atoms with E-state index >= 15 is 0 Å². The van der Waals surface area contributed by atoms with Crippen molar-refractivity contribution in [2.24, 2.45) is 0 Å². The highest BCUT2D eigenvalue weighted by atomic mass is 79.9. The van der Waals surface area contributed by atoms with Crippen molar-refractivity contribution in [3.8, 4) is 5.75 Å². The van der Waals surface area contributed by atoms with Crippen LogP contribution in [-0.4, -0.2) is 13.7 Å². The first kappa shape index (κ1) is 13.6. The molecule has 0 saturated heterocycles. The van der Waals surface area contributed by atoms with Gasteiger partial charge in [-0.3, -0.25) is 0 Å². The lowest BCUT2D eigenvalue weighted by Gasteiger charge is -2.20. The topological polar surface area (TPSA) is 21.3 Å². The number of benzene rings is 2. The van der Waals surface area contributed by atoms with Crippen LogP contribution in [0.3, 0.4) is 0 Å². The molecule has 3 rings (SSSR count). The van der Waals surface area contributed by atoms with Crippen molar-refractivity contribution in [2.45, 2.75) is 12.5 Å². The monoisotopic (exact) mass is 335 g/mol. The lowest BCUT2D eigenvalue weighted by atomic mass is 9.96. The number of hydrogen-bond acceptors (Lipinski definition) is 2. The van der Waals surface area contributed by atoms with Gasteiger partial charge in [0.15, 0.2) is 0 Å². The Morgan fingerprint density at radius 2 is 2.15 bits per heavy atom. The first-order chi connectivity index (χ1) is 9.70. The molecule has 0 bridgehead atoms. The maximum Gasteiger partial charge on any atom is 0.137 e. The molecule has 1 aliphatic rings. The van der Waals surface area contributed by atoms with Crippen LogP contribution in [0.4, 0.5) is 4.39 Å². The van der Waals surface area contributed by atoms with E-state index < -0.39 is 0 Å². The number of ether oxygens (including phenoxy) is 1. The van der Waals surface area contributed by atoms with Crippen molar-refractivity contribution in [3.63, 3.8) is 0 Å². The van der Waals surface area contributed by atoms with Crippen LogP contribution in [0.25, 0.3) is 0 Å². The summed E-state index contributed by atoms with van der Waals surface area (Å²) >= 11 is 3.24. The van der Waals surface area contributed by atoms with E-state index in [0.717, 1.165) is 29.9 Å². The molecule has 0 spiro atoms. The molecule has 2 aromatic rings.